The van der Waals surface area contributed by atoms with Crippen molar-refractivity contribution < 1.29 is 0 Å². The molecule has 0 amide bonds. The molecule has 0 spiro atoms. The summed E-state index contributed by atoms with van der Waals surface area (Å²) in [6.07, 6.45) is 1.78. The summed E-state index contributed by atoms with van der Waals surface area (Å²) in [5, 5.41) is 19.5. The number of halogens is 1. The van der Waals surface area contributed by atoms with Crippen molar-refractivity contribution in [3.05, 3.63) is 23.2 Å². The van der Waals surface area contributed by atoms with Gasteiger partial charge >= 0.3 is 0 Å². The lowest BCUT2D eigenvalue weighted by atomic mass is 10.3. The number of nitriles is 1. The molecule has 0 saturated carbocycles. The number of aromatic nitrogens is 1. The van der Waals surface area contributed by atoms with E-state index < -0.39 is 0 Å². The van der Waals surface area contributed by atoms with E-state index in [0.717, 1.165) is 14.6 Å². The summed E-state index contributed by atoms with van der Waals surface area (Å²) in [5.41, 5.74) is 0.885. The number of fused-ring (bicyclic) bond motifs is 1. The fourth-order valence-electron chi connectivity index (χ4n) is 1.86. The van der Waals surface area contributed by atoms with Gasteiger partial charge in [0.25, 0.3) is 0 Å². The van der Waals surface area contributed by atoms with Crippen molar-refractivity contribution in [2.75, 3.05) is 6.54 Å². The number of nitrogens with zero attached hydrogens (tertiary/aromatic N) is 3. The zero-order chi connectivity index (χ0) is 15.4. The highest BCUT2D eigenvalue weighted by molar-refractivity contribution is 8.01. The third-order valence-electron chi connectivity index (χ3n) is 2.84. The number of thioether (sulfide) groups is 1. The molecule has 1 aromatic heterocycles. The molecule has 110 valence electrons. The Hall–Kier alpha value is -1.49. The summed E-state index contributed by atoms with van der Waals surface area (Å²) >= 11 is 9.13. The summed E-state index contributed by atoms with van der Waals surface area (Å²) in [4.78, 5) is 6.35. The van der Waals surface area contributed by atoms with E-state index in [1.165, 1.54) is 0 Å². The molecule has 0 fully saturated rings. The Bertz CT molecular complexity index is 693. The number of nitrogens with one attached hydrogen (secondary N) is 2. The van der Waals surface area contributed by atoms with Crippen molar-refractivity contribution >= 4 is 50.9 Å². The van der Waals surface area contributed by atoms with Crippen LogP contribution in [-0.4, -0.2) is 27.8 Å². The van der Waals surface area contributed by atoms with Gasteiger partial charge in [-0.2, -0.15) is 5.26 Å². The molecule has 21 heavy (non-hydrogen) atoms. The summed E-state index contributed by atoms with van der Waals surface area (Å²) in [6.45, 7) is 4.57. The van der Waals surface area contributed by atoms with Gasteiger partial charge in [0, 0.05) is 11.6 Å². The highest BCUT2D eigenvalue weighted by Crippen LogP contribution is 2.33. The van der Waals surface area contributed by atoms with Gasteiger partial charge in [-0.25, -0.2) is 4.98 Å². The zero-order valence-corrected chi connectivity index (χ0v) is 13.9. The van der Waals surface area contributed by atoms with Gasteiger partial charge in [-0.1, -0.05) is 23.4 Å². The van der Waals surface area contributed by atoms with Crippen molar-refractivity contribution in [2.24, 2.45) is 0 Å². The minimum Gasteiger partial charge on any atom is -0.330 e. The Morgan fingerprint density at radius 3 is 3.10 bits per heavy atom. The average molecular weight is 340 g/mol. The molecule has 1 heterocycles. The Balaban J connectivity index is 2.14. The van der Waals surface area contributed by atoms with Crippen LogP contribution < -0.4 is 5.32 Å². The Morgan fingerprint density at radius 1 is 1.67 bits per heavy atom. The topological polar surface area (TPSA) is 75.8 Å². The van der Waals surface area contributed by atoms with Gasteiger partial charge in [0.2, 0.25) is 5.96 Å². The van der Waals surface area contributed by atoms with Crippen molar-refractivity contribution in [3.63, 3.8) is 0 Å². The quantitative estimate of drug-likeness (QED) is 0.222. The van der Waals surface area contributed by atoms with Crippen LogP contribution in [0.15, 0.2) is 22.5 Å². The summed E-state index contributed by atoms with van der Waals surface area (Å²) < 4.78 is 2.00. The van der Waals surface area contributed by atoms with Crippen LogP contribution >= 0.6 is 34.7 Å². The summed E-state index contributed by atoms with van der Waals surface area (Å²) in [7, 11) is 0. The van der Waals surface area contributed by atoms with Crippen LogP contribution in [0.5, 0.6) is 0 Å². The number of thiazole rings is 1. The van der Waals surface area contributed by atoms with Crippen molar-refractivity contribution in [1.29, 1.82) is 10.7 Å². The van der Waals surface area contributed by atoms with Gasteiger partial charge < -0.3 is 4.90 Å². The van der Waals surface area contributed by atoms with Crippen molar-refractivity contribution in [1.82, 2.24) is 15.2 Å². The predicted octanol–water partition coefficient (Wildman–Crippen LogP) is 3.72. The highest BCUT2D eigenvalue weighted by atomic mass is 35.5. The highest BCUT2D eigenvalue weighted by Gasteiger charge is 2.18. The van der Waals surface area contributed by atoms with E-state index >= 15 is 0 Å². The van der Waals surface area contributed by atoms with E-state index in [1.807, 2.05) is 32.0 Å². The molecule has 5 nitrogen and oxygen atoms in total. The second-order valence-corrected chi connectivity index (χ2v) is 7.21. The molecule has 0 bridgehead atoms. The minimum atomic E-state index is -0.000570. The molecule has 1 aromatic carbocycles. The maximum Gasteiger partial charge on any atom is 0.205 e. The van der Waals surface area contributed by atoms with Gasteiger partial charge in [-0.3, -0.25) is 10.7 Å². The number of hydrogen-bond donors (Lipinski definition) is 2. The van der Waals surface area contributed by atoms with E-state index in [9.17, 15) is 0 Å². The lowest BCUT2D eigenvalue weighted by molar-refractivity contribution is 0.421. The average Bonchev–Trinajstić information content (AvgIpc) is 2.81. The molecule has 2 N–H and O–H groups in total. The minimum absolute atomic E-state index is 0.000570. The van der Waals surface area contributed by atoms with Gasteiger partial charge in [-0.15, -0.1) is 11.3 Å². The largest absolute Gasteiger partial charge is 0.330 e. The van der Waals surface area contributed by atoms with Crippen LogP contribution in [-0.2, 0) is 0 Å². The number of rotatable bonds is 4. The van der Waals surface area contributed by atoms with Crippen molar-refractivity contribution in [3.8, 4) is 6.19 Å². The maximum atomic E-state index is 8.62. The molecule has 0 radical (unpaired) electrons. The third-order valence-corrected chi connectivity index (χ3v) is 5.34. The Kier molecular flexibility index (Phi) is 5.28. The molecule has 2 aromatic rings. The molecule has 1 atom stereocenters. The van der Waals surface area contributed by atoms with E-state index in [0.29, 0.717) is 11.6 Å². The molecule has 1 unspecified atom stereocenters. The van der Waals surface area contributed by atoms with Crippen molar-refractivity contribution in [2.45, 2.75) is 23.6 Å². The van der Waals surface area contributed by atoms with Gasteiger partial charge in [-0.05, 0) is 32.0 Å². The fraction of sp³-hybridized carbons (Fsp3) is 0.308. The summed E-state index contributed by atoms with van der Waals surface area (Å²) in [5.74, 6) is 0.101. The van der Waals surface area contributed by atoms with E-state index in [1.54, 1.807) is 34.2 Å². The fourth-order valence-corrected chi connectivity index (χ4v) is 4.41. The monoisotopic (exact) mass is 339 g/mol. The SMILES string of the molecule is CCN(C(=N)NC#N)C(C)Sc1nc2cc(Cl)ccc2s1. The first-order chi connectivity index (χ1) is 10.0. The lowest BCUT2D eigenvalue weighted by Gasteiger charge is -2.27. The smallest absolute Gasteiger partial charge is 0.205 e. The first-order valence-corrected chi connectivity index (χ1v) is 8.35. The second kappa shape index (κ2) is 6.98. The number of guanidine groups is 1. The first kappa shape index (κ1) is 15.9. The molecule has 8 heteroatoms. The second-order valence-electron chi connectivity index (χ2n) is 4.18. The van der Waals surface area contributed by atoms with Crippen LogP contribution in [0, 0.1) is 16.9 Å². The maximum absolute atomic E-state index is 8.62. The molecule has 0 aliphatic heterocycles. The van der Waals surface area contributed by atoms with Gasteiger partial charge in [0.05, 0.1) is 15.6 Å². The van der Waals surface area contributed by atoms with Gasteiger partial charge in [0.15, 0.2) is 10.5 Å². The van der Waals surface area contributed by atoms with E-state index in [-0.39, 0.29) is 11.3 Å². The van der Waals surface area contributed by atoms with Crippen LogP contribution in [0.25, 0.3) is 10.2 Å². The first-order valence-electron chi connectivity index (χ1n) is 6.28. The molecule has 0 aliphatic carbocycles. The normalized spacial score (nSPS) is 11.9. The number of hydrogen-bond acceptors (Lipinski definition) is 5. The standard InChI is InChI=1S/C13H14ClN5S2/c1-3-19(12(16)17-7-15)8(2)20-13-18-10-6-9(14)4-5-11(10)21-13/h4-6,8H,3H2,1-2H3,(H2,16,17). The molecule has 0 aliphatic rings. The Labute approximate surface area is 136 Å². The Morgan fingerprint density at radius 2 is 2.43 bits per heavy atom. The van der Waals surface area contributed by atoms with E-state index in [4.69, 9.17) is 22.3 Å². The van der Waals surface area contributed by atoms with Gasteiger partial charge in [0.1, 0.15) is 0 Å². The van der Waals surface area contributed by atoms with Crippen LogP contribution in [0.4, 0.5) is 0 Å². The predicted molar refractivity (Wildman–Crippen MR) is 88.8 cm³/mol. The molecule has 0 saturated heterocycles. The lowest BCUT2D eigenvalue weighted by Crippen LogP contribution is -2.42. The van der Waals surface area contributed by atoms with Crippen LogP contribution in [0.1, 0.15) is 13.8 Å². The molecule has 2 rings (SSSR count). The molecular formula is C13H14ClN5S2. The van der Waals surface area contributed by atoms with Crippen LogP contribution in [0.2, 0.25) is 5.02 Å². The zero-order valence-electron chi connectivity index (χ0n) is 11.6. The summed E-state index contributed by atoms with van der Waals surface area (Å²) in [6, 6.07) is 5.66. The third kappa shape index (κ3) is 3.79. The van der Waals surface area contributed by atoms with E-state index in [2.05, 4.69) is 10.3 Å². The molecular weight excluding hydrogens is 326 g/mol. The van der Waals surface area contributed by atoms with Crippen LogP contribution in [0.3, 0.4) is 0 Å². The number of benzene rings is 1.